The van der Waals surface area contributed by atoms with E-state index >= 15 is 13.2 Å². The van der Waals surface area contributed by atoms with E-state index in [1.807, 2.05) is 54.6 Å². The number of hydrogen-bond donors (Lipinski definition) is 0. The maximum Gasteiger partial charge on any atom is 0.132 e. The smallest absolute Gasteiger partial charge is 0.132 e. The first-order valence-electron chi connectivity index (χ1n) is 17.2. The lowest BCUT2D eigenvalue weighted by Gasteiger charge is -2.12. The van der Waals surface area contributed by atoms with E-state index in [-0.39, 0.29) is 17.5 Å². The van der Waals surface area contributed by atoms with E-state index in [0.29, 0.717) is 53.0 Å². The van der Waals surface area contributed by atoms with Gasteiger partial charge in [-0.1, -0.05) is 54.6 Å². The van der Waals surface area contributed by atoms with E-state index in [0.717, 1.165) is 52.6 Å². The molecule has 252 valence electrons. The van der Waals surface area contributed by atoms with Crippen LogP contribution in [0.5, 0.6) is 0 Å². The van der Waals surface area contributed by atoms with Gasteiger partial charge in [-0.05, 0) is 145 Å². The molecule has 0 atom stereocenters. The van der Waals surface area contributed by atoms with Gasteiger partial charge in [0.1, 0.15) is 17.5 Å². The normalized spacial score (nSPS) is 11.1. The summed E-state index contributed by atoms with van der Waals surface area (Å²) >= 11 is 0. The molecule has 0 aliphatic rings. The maximum atomic E-state index is 15.1. The van der Waals surface area contributed by atoms with Crippen molar-refractivity contribution in [2.75, 3.05) is 0 Å². The van der Waals surface area contributed by atoms with Crippen molar-refractivity contribution >= 4 is 0 Å². The average Bonchev–Trinajstić information content (AvgIpc) is 3.16. The molecule has 7 rings (SSSR count). The molecule has 0 spiro atoms. The Bertz CT molecular complexity index is 1970. The Morgan fingerprint density at radius 1 is 0.314 bits per heavy atom. The predicted molar refractivity (Wildman–Crippen MR) is 198 cm³/mol. The highest BCUT2D eigenvalue weighted by Crippen LogP contribution is 2.26. The van der Waals surface area contributed by atoms with Crippen LogP contribution >= 0.6 is 0 Å². The molecule has 51 heavy (non-hydrogen) atoms. The van der Waals surface area contributed by atoms with Crippen molar-refractivity contribution < 1.29 is 13.2 Å². The van der Waals surface area contributed by atoms with Crippen molar-refractivity contribution in [3.05, 3.63) is 197 Å². The number of halogens is 3. The van der Waals surface area contributed by atoms with Crippen LogP contribution in [-0.2, 0) is 38.5 Å². The van der Waals surface area contributed by atoms with Crippen LogP contribution in [0.15, 0.2) is 146 Å². The van der Waals surface area contributed by atoms with Crippen LogP contribution in [0.3, 0.4) is 0 Å². The van der Waals surface area contributed by atoms with Crippen LogP contribution in [0, 0.1) is 17.5 Å². The summed E-state index contributed by atoms with van der Waals surface area (Å²) < 4.78 is 45.3. The molecule has 0 radical (unpaired) electrons. The van der Waals surface area contributed by atoms with Gasteiger partial charge in [0, 0.05) is 35.3 Å². The second-order valence-electron chi connectivity index (χ2n) is 12.7. The third kappa shape index (κ3) is 8.47. The highest BCUT2D eigenvalue weighted by atomic mass is 19.1. The first-order chi connectivity index (χ1) is 25.0. The first-order valence-corrected chi connectivity index (χ1v) is 17.2. The second-order valence-corrected chi connectivity index (χ2v) is 12.7. The van der Waals surface area contributed by atoms with Gasteiger partial charge in [-0.3, -0.25) is 15.0 Å². The van der Waals surface area contributed by atoms with Crippen LogP contribution in [0.1, 0.15) is 33.4 Å². The summed E-state index contributed by atoms with van der Waals surface area (Å²) in [5.41, 5.74) is 9.43. The molecule has 3 heterocycles. The van der Waals surface area contributed by atoms with E-state index in [1.165, 1.54) is 0 Å². The van der Waals surface area contributed by atoms with E-state index in [2.05, 4.69) is 33.2 Å². The van der Waals surface area contributed by atoms with Crippen LogP contribution in [0.2, 0.25) is 0 Å². The summed E-state index contributed by atoms with van der Waals surface area (Å²) in [6, 6.07) is 39.1. The summed E-state index contributed by atoms with van der Waals surface area (Å²) in [5, 5.41) is 0. The lowest BCUT2D eigenvalue weighted by Crippen LogP contribution is -2.01. The van der Waals surface area contributed by atoms with E-state index < -0.39 is 0 Å². The molecule has 0 bridgehead atoms. The molecule has 0 aliphatic heterocycles. The van der Waals surface area contributed by atoms with E-state index in [1.54, 1.807) is 73.2 Å². The minimum absolute atomic E-state index is 0.289. The Balaban J connectivity index is 1.09. The Morgan fingerprint density at radius 3 is 0.863 bits per heavy atom. The molecule has 0 fully saturated rings. The molecule has 0 aliphatic carbocycles. The number of nitrogens with zero attached hydrogens (tertiary/aromatic N) is 3. The summed E-state index contributed by atoms with van der Waals surface area (Å²) in [6.07, 6.45) is 9.17. The highest BCUT2D eigenvalue weighted by Gasteiger charge is 2.12. The van der Waals surface area contributed by atoms with Crippen LogP contribution in [-0.4, -0.2) is 15.0 Å². The summed E-state index contributed by atoms with van der Waals surface area (Å²) in [4.78, 5) is 12.9. The van der Waals surface area contributed by atoms with Crippen molar-refractivity contribution in [2.45, 2.75) is 38.5 Å². The van der Waals surface area contributed by atoms with Crippen LogP contribution < -0.4 is 0 Å². The largest absolute Gasteiger partial charge is 0.256 e. The second kappa shape index (κ2) is 15.8. The third-order valence-corrected chi connectivity index (χ3v) is 9.14. The monoisotopic (exact) mass is 675 g/mol. The highest BCUT2D eigenvalue weighted by molar-refractivity contribution is 5.62. The zero-order chi connectivity index (χ0) is 35.0. The number of hydrogen-bond acceptors (Lipinski definition) is 3. The molecule has 3 nitrogen and oxygen atoms in total. The van der Waals surface area contributed by atoms with Crippen molar-refractivity contribution in [1.82, 2.24) is 15.0 Å². The lowest BCUT2D eigenvalue weighted by molar-refractivity contribution is 0.627. The molecule has 0 unspecified atom stereocenters. The van der Waals surface area contributed by atoms with Crippen LogP contribution in [0.25, 0.3) is 33.8 Å². The fourth-order valence-electron chi connectivity index (χ4n) is 6.47. The topological polar surface area (TPSA) is 38.7 Å². The number of rotatable bonds is 12. The molecule has 4 aromatic carbocycles. The first kappa shape index (κ1) is 33.6. The Morgan fingerprint density at radius 2 is 0.608 bits per heavy atom. The van der Waals surface area contributed by atoms with Crippen LogP contribution in [0.4, 0.5) is 13.2 Å². The van der Waals surface area contributed by atoms with E-state index in [9.17, 15) is 0 Å². The van der Waals surface area contributed by atoms with Gasteiger partial charge in [-0.25, -0.2) is 13.2 Å². The Hall–Kier alpha value is -5.88. The standard InChI is InChI=1S/C45H36F3N3/c46-40-28-31(16-19-37(40)43-7-1-4-22-49-43)10-13-34-25-35(14-11-32-17-20-38(41(47)29-32)44-8-2-5-23-50-44)27-36(26-34)15-12-33-18-21-39(42(48)30-33)45-9-3-6-24-51-45/h1-9,16-30H,10-15H2. The Kier molecular flexibility index (Phi) is 10.4. The van der Waals surface area contributed by atoms with Gasteiger partial charge in [-0.15, -0.1) is 0 Å². The molecule has 0 saturated heterocycles. The number of aryl methyl sites for hydroxylation is 6. The van der Waals surface area contributed by atoms with Gasteiger partial charge in [-0.2, -0.15) is 0 Å². The average molecular weight is 676 g/mol. The van der Waals surface area contributed by atoms with Gasteiger partial charge in [0.05, 0.1) is 17.1 Å². The zero-order valence-corrected chi connectivity index (χ0v) is 28.1. The molecule has 0 amide bonds. The molecule has 3 aromatic heterocycles. The molecular formula is C45H36F3N3. The van der Waals surface area contributed by atoms with Gasteiger partial charge in [0.25, 0.3) is 0 Å². The molecule has 0 saturated carbocycles. The predicted octanol–water partition coefficient (Wildman–Crippen LogP) is 10.6. The summed E-state index contributed by atoms with van der Waals surface area (Å²) in [7, 11) is 0. The summed E-state index contributed by atoms with van der Waals surface area (Å²) in [5.74, 6) is -0.866. The number of aromatic nitrogens is 3. The maximum absolute atomic E-state index is 15.1. The van der Waals surface area contributed by atoms with Crippen molar-refractivity contribution in [3.63, 3.8) is 0 Å². The Labute approximate surface area is 296 Å². The van der Waals surface area contributed by atoms with Gasteiger partial charge < -0.3 is 0 Å². The number of benzene rings is 4. The molecule has 0 N–H and O–H groups in total. The van der Waals surface area contributed by atoms with Crippen molar-refractivity contribution in [3.8, 4) is 33.8 Å². The fourth-order valence-corrected chi connectivity index (χ4v) is 6.47. The van der Waals surface area contributed by atoms with Gasteiger partial charge >= 0.3 is 0 Å². The molecular weight excluding hydrogens is 640 g/mol. The SMILES string of the molecule is Fc1cc(CCc2cc(CCc3ccc(-c4ccccn4)c(F)c3)cc(CCc3ccc(-c4ccccn4)c(F)c3)c2)ccc1-c1ccccn1. The van der Waals surface area contributed by atoms with Gasteiger partial charge in [0.15, 0.2) is 0 Å². The lowest BCUT2D eigenvalue weighted by atomic mass is 9.93. The zero-order valence-electron chi connectivity index (χ0n) is 28.1. The number of pyridine rings is 3. The third-order valence-electron chi connectivity index (χ3n) is 9.14. The van der Waals surface area contributed by atoms with E-state index in [4.69, 9.17) is 0 Å². The van der Waals surface area contributed by atoms with Gasteiger partial charge in [0.2, 0.25) is 0 Å². The minimum Gasteiger partial charge on any atom is -0.256 e. The van der Waals surface area contributed by atoms with Crippen molar-refractivity contribution in [1.29, 1.82) is 0 Å². The van der Waals surface area contributed by atoms with Crippen molar-refractivity contribution in [2.24, 2.45) is 0 Å². The molecule has 7 aromatic rings. The summed E-state index contributed by atoms with van der Waals surface area (Å²) in [6.45, 7) is 0. The fraction of sp³-hybridized carbons (Fsp3) is 0.133. The quantitative estimate of drug-likeness (QED) is 0.129. The molecule has 6 heteroatoms. The minimum atomic E-state index is -0.289.